The molecule has 1 rings (SSSR count). The molecule has 0 saturated heterocycles. The van der Waals surface area contributed by atoms with Gasteiger partial charge in [0.2, 0.25) is 0 Å². The molecule has 0 aliphatic rings. The van der Waals surface area contributed by atoms with Crippen molar-refractivity contribution in [3.63, 3.8) is 0 Å². The average molecular weight is 370 g/mol. The molecule has 1 aromatic rings. The van der Waals surface area contributed by atoms with E-state index in [0.717, 1.165) is 0 Å². The molecule has 0 amide bonds. The molecular weight excluding hydrogens is 344 g/mol. The van der Waals surface area contributed by atoms with Crippen molar-refractivity contribution in [3.8, 4) is 0 Å². The van der Waals surface area contributed by atoms with Gasteiger partial charge in [0.1, 0.15) is 0 Å². The Bertz CT molecular complexity index is 550. The highest BCUT2D eigenvalue weighted by Crippen LogP contribution is 2.21. The highest BCUT2D eigenvalue weighted by atomic mass is 16.5. The smallest absolute Gasteiger partial charge is 0.335 e. The molecule has 0 fully saturated rings. The molecule has 1 aromatic carbocycles. The van der Waals surface area contributed by atoms with E-state index >= 15 is 0 Å². The molecule has 8 nitrogen and oxygen atoms in total. The Kier molecular flexibility index (Phi) is 10.5. The number of hydrogen-bond donors (Lipinski definition) is 4. The van der Waals surface area contributed by atoms with Gasteiger partial charge >= 0.3 is 11.9 Å². The number of carboxylic acids is 2. The van der Waals surface area contributed by atoms with Crippen molar-refractivity contribution in [2.75, 3.05) is 39.6 Å². The van der Waals surface area contributed by atoms with Crippen LogP contribution in [0.2, 0.25) is 0 Å². The Hall–Kier alpha value is -2.00. The van der Waals surface area contributed by atoms with Gasteiger partial charge in [0.25, 0.3) is 0 Å². The average Bonchev–Trinajstić information content (AvgIpc) is 2.61. The van der Waals surface area contributed by atoms with Crippen LogP contribution in [0.4, 0.5) is 0 Å². The largest absolute Gasteiger partial charge is 0.478 e. The number of carbonyl (C=O) groups is 2. The van der Waals surface area contributed by atoms with E-state index < -0.39 is 11.9 Å². The summed E-state index contributed by atoms with van der Waals surface area (Å²) in [4.78, 5) is 23.2. The number of aromatic carboxylic acids is 2. The van der Waals surface area contributed by atoms with Crippen LogP contribution < -0.4 is 0 Å². The first-order chi connectivity index (χ1) is 12.5. The first-order valence-electron chi connectivity index (χ1n) is 8.50. The summed E-state index contributed by atoms with van der Waals surface area (Å²) >= 11 is 0. The number of benzene rings is 1. The predicted octanol–water partition coefficient (Wildman–Crippen LogP) is 0.966. The molecule has 0 bridgehead atoms. The minimum atomic E-state index is -1.17. The van der Waals surface area contributed by atoms with Crippen molar-refractivity contribution in [2.45, 2.75) is 25.7 Å². The number of carboxylic acid groups (broad SMARTS) is 2. The van der Waals surface area contributed by atoms with Crippen LogP contribution >= 0.6 is 0 Å². The van der Waals surface area contributed by atoms with Crippen LogP contribution in [-0.4, -0.2) is 72.0 Å². The third-order valence-corrected chi connectivity index (χ3v) is 3.71. The lowest BCUT2D eigenvalue weighted by atomic mass is 9.93. The molecule has 0 unspecified atom stereocenters. The number of ether oxygens (including phenoxy) is 2. The molecule has 0 atom stereocenters. The van der Waals surface area contributed by atoms with E-state index in [1.807, 2.05) is 0 Å². The molecule has 146 valence electrons. The van der Waals surface area contributed by atoms with Crippen molar-refractivity contribution in [2.24, 2.45) is 0 Å². The monoisotopic (exact) mass is 370 g/mol. The highest BCUT2D eigenvalue weighted by Gasteiger charge is 2.20. The van der Waals surface area contributed by atoms with Crippen LogP contribution in [0.5, 0.6) is 0 Å². The number of rotatable bonds is 14. The summed E-state index contributed by atoms with van der Waals surface area (Å²) in [5, 5.41) is 36.3. The molecule has 0 saturated carbocycles. The van der Waals surface area contributed by atoms with Gasteiger partial charge in [-0.25, -0.2) is 9.59 Å². The van der Waals surface area contributed by atoms with E-state index in [1.54, 1.807) is 0 Å². The number of aliphatic hydroxyl groups excluding tert-OH is 2. The van der Waals surface area contributed by atoms with E-state index in [2.05, 4.69) is 0 Å². The van der Waals surface area contributed by atoms with Crippen molar-refractivity contribution >= 4 is 11.9 Å². The zero-order valence-electron chi connectivity index (χ0n) is 14.6. The summed E-state index contributed by atoms with van der Waals surface area (Å²) in [5.41, 5.74) is 0.863. The van der Waals surface area contributed by atoms with Crippen LogP contribution in [0, 0.1) is 0 Å². The maximum Gasteiger partial charge on any atom is 0.335 e. The SMILES string of the molecule is O=C(O)c1cc(CCCOCCO)cc(C(=O)O)c1CCCOCCO. The Morgan fingerprint density at radius 2 is 1.23 bits per heavy atom. The maximum atomic E-state index is 11.6. The summed E-state index contributed by atoms with van der Waals surface area (Å²) in [7, 11) is 0. The Labute approximate surface area is 152 Å². The van der Waals surface area contributed by atoms with Gasteiger partial charge in [-0.1, -0.05) is 0 Å². The lowest BCUT2D eigenvalue weighted by Gasteiger charge is -2.13. The summed E-state index contributed by atoms with van der Waals surface area (Å²) in [6.07, 6.45) is 1.78. The summed E-state index contributed by atoms with van der Waals surface area (Å²) in [6, 6.07) is 3.01. The van der Waals surface area contributed by atoms with Crippen molar-refractivity contribution in [1.29, 1.82) is 0 Å². The van der Waals surface area contributed by atoms with Crippen LogP contribution in [-0.2, 0) is 22.3 Å². The lowest BCUT2D eigenvalue weighted by Crippen LogP contribution is -2.13. The van der Waals surface area contributed by atoms with Crippen LogP contribution in [0.3, 0.4) is 0 Å². The molecular formula is C18H26O8. The molecule has 4 N–H and O–H groups in total. The van der Waals surface area contributed by atoms with Gasteiger partial charge in [-0.05, 0) is 48.9 Å². The number of aryl methyl sites for hydroxylation is 1. The minimum absolute atomic E-state index is 0.0154. The molecule has 26 heavy (non-hydrogen) atoms. The van der Waals surface area contributed by atoms with Gasteiger partial charge in [-0.3, -0.25) is 0 Å². The van der Waals surface area contributed by atoms with E-state index in [0.29, 0.717) is 38.0 Å². The van der Waals surface area contributed by atoms with Gasteiger partial charge in [-0.2, -0.15) is 0 Å². The van der Waals surface area contributed by atoms with Crippen molar-refractivity contribution < 1.29 is 39.5 Å². The molecule has 0 heterocycles. The molecule has 0 aliphatic carbocycles. The Morgan fingerprint density at radius 1 is 0.769 bits per heavy atom. The van der Waals surface area contributed by atoms with Gasteiger partial charge < -0.3 is 29.9 Å². The first-order valence-corrected chi connectivity index (χ1v) is 8.50. The third kappa shape index (κ3) is 7.49. The summed E-state index contributed by atoms with van der Waals surface area (Å²) in [6.45, 7) is 0.964. The predicted molar refractivity (Wildman–Crippen MR) is 92.8 cm³/mol. The van der Waals surface area contributed by atoms with Gasteiger partial charge in [0.05, 0.1) is 37.6 Å². The topological polar surface area (TPSA) is 134 Å². The third-order valence-electron chi connectivity index (χ3n) is 3.71. The van der Waals surface area contributed by atoms with Gasteiger partial charge in [-0.15, -0.1) is 0 Å². The second-order valence-electron chi connectivity index (χ2n) is 5.66. The zero-order valence-corrected chi connectivity index (χ0v) is 14.6. The lowest BCUT2D eigenvalue weighted by molar-refractivity contribution is 0.0693. The van der Waals surface area contributed by atoms with E-state index in [4.69, 9.17) is 19.7 Å². The highest BCUT2D eigenvalue weighted by molar-refractivity contribution is 5.97. The quantitative estimate of drug-likeness (QED) is 0.356. The molecule has 0 aliphatic heterocycles. The molecule has 0 spiro atoms. The van der Waals surface area contributed by atoms with E-state index in [-0.39, 0.29) is 49.5 Å². The van der Waals surface area contributed by atoms with E-state index in [1.165, 1.54) is 12.1 Å². The number of aliphatic hydroxyl groups is 2. The fraction of sp³-hybridized carbons (Fsp3) is 0.556. The Balaban J connectivity index is 2.89. The molecule has 0 aromatic heterocycles. The first kappa shape index (κ1) is 22.0. The zero-order chi connectivity index (χ0) is 19.4. The van der Waals surface area contributed by atoms with Crippen LogP contribution in [0.1, 0.15) is 44.7 Å². The summed E-state index contributed by atoms with van der Waals surface area (Å²) in [5.74, 6) is -2.34. The second-order valence-corrected chi connectivity index (χ2v) is 5.66. The molecule has 0 radical (unpaired) electrons. The summed E-state index contributed by atoms with van der Waals surface area (Å²) < 4.78 is 10.3. The van der Waals surface area contributed by atoms with Crippen LogP contribution in [0.15, 0.2) is 12.1 Å². The van der Waals surface area contributed by atoms with E-state index in [9.17, 15) is 19.8 Å². The standard InChI is InChI=1S/C18H26O8/c19-5-9-25-7-1-3-13-11-15(17(21)22)14(16(12-13)18(23)24)4-2-8-26-10-6-20/h11-12,19-20H,1-10H2,(H,21,22)(H,23,24). The second kappa shape index (κ2) is 12.4. The normalized spacial score (nSPS) is 10.8. The molecule has 8 heteroatoms. The van der Waals surface area contributed by atoms with Crippen molar-refractivity contribution in [1.82, 2.24) is 0 Å². The van der Waals surface area contributed by atoms with Gasteiger partial charge in [0.15, 0.2) is 0 Å². The minimum Gasteiger partial charge on any atom is -0.478 e. The number of hydrogen-bond acceptors (Lipinski definition) is 6. The van der Waals surface area contributed by atoms with Crippen LogP contribution in [0.25, 0.3) is 0 Å². The fourth-order valence-electron chi connectivity index (χ4n) is 2.59. The van der Waals surface area contributed by atoms with Gasteiger partial charge in [0, 0.05) is 13.2 Å². The fourth-order valence-corrected chi connectivity index (χ4v) is 2.59. The maximum absolute atomic E-state index is 11.6. The van der Waals surface area contributed by atoms with Crippen molar-refractivity contribution in [3.05, 3.63) is 34.4 Å². The Morgan fingerprint density at radius 3 is 1.65 bits per heavy atom.